The summed E-state index contributed by atoms with van der Waals surface area (Å²) in [5, 5.41) is 13.6. The second kappa shape index (κ2) is 7.21. The topological polar surface area (TPSA) is 98.5 Å². The second-order valence-electron chi connectivity index (χ2n) is 5.80. The SMILES string of the molecule is Cc1cc(C(=O)OC(C)C(=O)NC2CCCC2)ccc1[N+](=O)[O-]. The molecule has 0 bridgehead atoms. The second-order valence-corrected chi connectivity index (χ2v) is 5.80. The van der Waals surface area contributed by atoms with Gasteiger partial charge in [0.05, 0.1) is 10.5 Å². The summed E-state index contributed by atoms with van der Waals surface area (Å²) in [6.07, 6.45) is 3.20. The molecule has 1 aromatic carbocycles. The van der Waals surface area contributed by atoms with Gasteiger partial charge in [0.1, 0.15) is 0 Å². The van der Waals surface area contributed by atoms with E-state index in [1.807, 2.05) is 0 Å². The van der Waals surface area contributed by atoms with E-state index in [-0.39, 0.29) is 23.2 Å². The van der Waals surface area contributed by atoms with E-state index in [0.29, 0.717) is 5.56 Å². The molecule has 7 heteroatoms. The number of hydrogen-bond donors (Lipinski definition) is 1. The third-order valence-electron chi connectivity index (χ3n) is 3.98. The first-order valence-corrected chi connectivity index (χ1v) is 7.65. The number of nitro groups is 1. The van der Waals surface area contributed by atoms with Crippen molar-refractivity contribution in [2.24, 2.45) is 0 Å². The van der Waals surface area contributed by atoms with Gasteiger partial charge in [-0.15, -0.1) is 0 Å². The van der Waals surface area contributed by atoms with Crippen LogP contribution in [0.1, 0.15) is 48.5 Å². The average Bonchev–Trinajstić information content (AvgIpc) is 2.99. The Kier molecular flexibility index (Phi) is 5.31. The number of carbonyl (C=O) groups is 2. The Morgan fingerprint density at radius 1 is 1.35 bits per heavy atom. The summed E-state index contributed by atoms with van der Waals surface area (Å²) in [4.78, 5) is 34.3. The van der Waals surface area contributed by atoms with Gasteiger partial charge >= 0.3 is 5.97 Å². The molecule has 0 aromatic heterocycles. The molecule has 0 aliphatic heterocycles. The zero-order chi connectivity index (χ0) is 17.0. The van der Waals surface area contributed by atoms with Crippen molar-refractivity contribution in [2.75, 3.05) is 0 Å². The van der Waals surface area contributed by atoms with Gasteiger partial charge in [-0.1, -0.05) is 12.8 Å². The van der Waals surface area contributed by atoms with E-state index in [1.165, 1.54) is 25.1 Å². The summed E-state index contributed by atoms with van der Waals surface area (Å²) in [5.41, 5.74) is 0.495. The maximum absolute atomic E-state index is 12.1. The minimum absolute atomic E-state index is 0.0615. The Hall–Kier alpha value is -2.44. The molecular formula is C16H20N2O5. The normalized spacial score (nSPS) is 15.9. The van der Waals surface area contributed by atoms with Crippen LogP contribution in [0.15, 0.2) is 18.2 Å². The molecule has 0 heterocycles. The van der Waals surface area contributed by atoms with Gasteiger partial charge < -0.3 is 10.1 Å². The molecule has 23 heavy (non-hydrogen) atoms. The van der Waals surface area contributed by atoms with E-state index < -0.39 is 17.0 Å². The number of carbonyl (C=O) groups excluding carboxylic acids is 2. The lowest BCUT2D eigenvalue weighted by Gasteiger charge is -2.17. The smallest absolute Gasteiger partial charge is 0.338 e. The Balaban J connectivity index is 1.96. The van der Waals surface area contributed by atoms with Gasteiger partial charge in [0.2, 0.25) is 0 Å². The lowest BCUT2D eigenvalue weighted by atomic mass is 10.1. The molecule has 1 aromatic rings. The first-order chi connectivity index (χ1) is 10.9. The van der Waals surface area contributed by atoms with Crippen LogP contribution in [0, 0.1) is 17.0 Å². The number of amides is 1. The Morgan fingerprint density at radius 3 is 2.57 bits per heavy atom. The van der Waals surface area contributed by atoms with E-state index in [4.69, 9.17) is 4.74 Å². The van der Waals surface area contributed by atoms with Crippen LogP contribution in [0.3, 0.4) is 0 Å². The first-order valence-electron chi connectivity index (χ1n) is 7.65. The Labute approximate surface area is 134 Å². The van der Waals surface area contributed by atoms with Gasteiger partial charge in [-0.25, -0.2) is 4.79 Å². The molecule has 1 atom stereocenters. The number of esters is 1. The minimum atomic E-state index is -0.904. The minimum Gasteiger partial charge on any atom is -0.449 e. The maximum atomic E-state index is 12.1. The fraction of sp³-hybridized carbons (Fsp3) is 0.500. The molecule has 0 saturated heterocycles. The van der Waals surface area contributed by atoms with Crippen molar-refractivity contribution in [3.05, 3.63) is 39.4 Å². The molecule has 1 aliphatic rings. The third kappa shape index (κ3) is 4.28. The molecule has 2 rings (SSSR count). The standard InChI is InChI=1S/C16H20N2O5/c1-10-9-12(7-8-14(10)18(21)22)16(20)23-11(2)15(19)17-13-5-3-4-6-13/h7-9,11,13H,3-6H2,1-2H3,(H,17,19). The predicted molar refractivity (Wildman–Crippen MR) is 83.1 cm³/mol. The van der Waals surface area contributed by atoms with Crippen molar-refractivity contribution in [1.82, 2.24) is 5.32 Å². The Bertz CT molecular complexity index is 623. The first kappa shape index (κ1) is 16.9. The molecule has 1 saturated carbocycles. The highest BCUT2D eigenvalue weighted by molar-refractivity contribution is 5.92. The van der Waals surface area contributed by atoms with Gasteiger partial charge in [0.15, 0.2) is 6.10 Å². The highest BCUT2D eigenvalue weighted by Gasteiger charge is 2.24. The van der Waals surface area contributed by atoms with Crippen LogP contribution < -0.4 is 5.32 Å². The number of nitrogens with zero attached hydrogens (tertiary/aromatic N) is 1. The van der Waals surface area contributed by atoms with Gasteiger partial charge in [-0.05, 0) is 38.8 Å². The van der Waals surface area contributed by atoms with Crippen molar-refractivity contribution in [3.63, 3.8) is 0 Å². The van der Waals surface area contributed by atoms with Crippen LogP contribution in [0.25, 0.3) is 0 Å². The quantitative estimate of drug-likeness (QED) is 0.510. The monoisotopic (exact) mass is 320 g/mol. The Morgan fingerprint density at radius 2 is 2.00 bits per heavy atom. The van der Waals surface area contributed by atoms with Crippen molar-refractivity contribution in [3.8, 4) is 0 Å². The number of nitrogens with one attached hydrogen (secondary N) is 1. The van der Waals surface area contributed by atoms with Crippen molar-refractivity contribution in [2.45, 2.75) is 51.7 Å². The van der Waals surface area contributed by atoms with E-state index in [2.05, 4.69) is 5.32 Å². The molecule has 1 amide bonds. The number of benzene rings is 1. The van der Waals surface area contributed by atoms with E-state index in [1.54, 1.807) is 6.92 Å². The highest BCUT2D eigenvalue weighted by atomic mass is 16.6. The number of ether oxygens (including phenoxy) is 1. The van der Waals surface area contributed by atoms with Crippen LogP contribution in [0.2, 0.25) is 0 Å². The molecule has 1 fully saturated rings. The van der Waals surface area contributed by atoms with E-state index in [9.17, 15) is 19.7 Å². The summed E-state index contributed by atoms with van der Waals surface area (Å²) >= 11 is 0. The van der Waals surface area contributed by atoms with Crippen LogP contribution in [-0.4, -0.2) is 28.9 Å². The zero-order valence-corrected chi connectivity index (χ0v) is 13.2. The van der Waals surface area contributed by atoms with Gasteiger partial charge in [-0.3, -0.25) is 14.9 Å². The number of aryl methyl sites for hydroxylation is 1. The lowest BCUT2D eigenvalue weighted by molar-refractivity contribution is -0.385. The molecule has 124 valence electrons. The number of rotatable bonds is 5. The van der Waals surface area contributed by atoms with Crippen LogP contribution >= 0.6 is 0 Å². The molecule has 1 N–H and O–H groups in total. The van der Waals surface area contributed by atoms with Crippen LogP contribution in [0.4, 0.5) is 5.69 Å². The summed E-state index contributed by atoms with van der Waals surface area (Å²) in [7, 11) is 0. The molecular weight excluding hydrogens is 300 g/mol. The molecule has 0 spiro atoms. The van der Waals surface area contributed by atoms with Gasteiger partial charge in [0, 0.05) is 17.7 Å². The van der Waals surface area contributed by atoms with Crippen LogP contribution in [0.5, 0.6) is 0 Å². The summed E-state index contributed by atoms with van der Waals surface area (Å²) < 4.78 is 5.14. The third-order valence-corrected chi connectivity index (χ3v) is 3.98. The van der Waals surface area contributed by atoms with Crippen molar-refractivity contribution < 1.29 is 19.2 Å². The number of nitro benzene ring substituents is 1. The molecule has 7 nitrogen and oxygen atoms in total. The molecule has 1 unspecified atom stereocenters. The summed E-state index contributed by atoms with van der Waals surface area (Å²) in [6, 6.07) is 4.14. The van der Waals surface area contributed by atoms with Gasteiger partial charge in [0.25, 0.3) is 11.6 Å². The maximum Gasteiger partial charge on any atom is 0.338 e. The lowest BCUT2D eigenvalue weighted by Crippen LogP contribution is -2.40. The van der Waals surface area contributed by atoms with Crippen molar-refractivity contribution >= 4 is 17.6 Å². The largest absolute Gasteiger partial charge is 0.449 e. The van der Waals surface area contributed by atoms with Gasteiger partial charge in [-0.2, -0.15) is 0 Å². The van der Waals surface area contributed by atoms with E-state index >= 15 is 0 Å². The van der Waals surface area contributed by atoms with Crippen molar-refractivity contribution in [1.29, 1.82) is 0 Å². The summed E-state index contributed by atoms with van der Waals surface area (Å²) in [5.74, 6) is -0.985. The predicted octanol–water partition coefficient (Wildman–Crippen LogP) is 2.51. The number of hydrogen-bond acceptors (Lipinski definition) is 5. The highest BCUT2D eigenvalue weighted by Crippen LogP contribution is 2.20. The fourth-order valence-electron chi connectivity index (χ4n) is 2.66. The van der Waals surface area contributed by atoms with Crippen LogP contribution in [-0.2, 0) is 9.53 Å². The molecule has 0 radical (unpaired) electrons. The fourth-order valence-corrected chi connectivity index (χ4v) is 2.66. The zero-order valence-electron chi connectivity index (χ0n) is 13.2. The van der Waals surface area contributed by atoms with E-state index in [0.717, 1.165) is 25.7 Å². The summed E-state index contributed by atoms with van der Waals surface area (Å²) in [6.45, 7) is 3.06. The average molecular weight is 320 g/mol. The molecule has 1 aliphatic carbocycles.